The maximum absolute atomic E-state index is 5.80. The predicted octanol–water partition coefficient (Wildman–Crippen LogP) is 2.56. The summed E-state index contributed by atoms with van der Waals surface area (Å²) in [5, 5.41) is 0. The molecule has 3 heteroatoms. The summed E-state index contributed by atoms with van der Waals surface area (Å²) in [6.45, 7) is 6.41. The summed E-state index contributed by atoms with van der Waals surface area (Å²) in [5.74, 6) is 5.62. The molecule has 3 N–H and O–H groups in total. The fraction of sp³-hybridized carbons (Fsp3) is 0.429. The van der Waals surface area contributed by atoms with Crippen LogP contribution < -0.4 is 11.3 Å². The average molecular weight is 234 g/mol. The van der Waals surface area contributed by atoms with Crippen LogP contribution in [0.5, 0.6) is 0 Å². The number of nitrogens with two attached hydrogens (primary N) is 1. The first-order valence-corrected chi connectivity index (χ1v) is 6.07. The topological polar surface area (TPSA) is 47.3 Å². The van der Waals surface area contributed by atoms with Gasteiger partial charge in [-0.3, -0.25) is 11.3 Å². The summed E-state index contributed by atoms with van der Waals surface area (Å²) in [6, 6.07) is 10.3. The molecule has 3 nitrogen and oxygen atoms in total. The standard InChI is InChI=1S/C14H22N2O/c1-3-5-11-13(16-15)14(17-4-2)12-9-7-6-8-10-12/h3,6-10,13-14,16H,1,4-5,11,15H2,2H3. The Hall–Kier alpha value is -1.16. The van der Waals surface area contributed by atoms with Crippen molar-refractivity contribution >= 4 is 0 Å². The van der Waals surface area contributed by atoms with E-state index in [0.29, 0.717) is 6.61 Å². The van der Waals surface area contributed by atoms with Crippen LogP contribution in [-0.4, -0.2) is 12.6 Å². The van der Waals surface area contributed by atoms with E-state index in [-0.39, 0.29) is 12.1 Å². The molecule has 0 saturated heterocycles. The normalized spacial score (nSPS) is 14.2. The highest BCUT2D eigenvalue weighted by Gasteiger charge is 2.21. The van der Waals surface area contributed by atoms with Gasteiger partial charge in [-0.15, -0.1) is 6.58 Å². The lowest BCUT2D eigenvalue weighted by molar-refractivity contribution is 0.0311. The van der Waals surface area contributed by atoms with Gasteiger partial charge in [-0.25, -0.2) is 0 Å². The highest BCUT2D eigenvalue weighted by atomic mass is 16.5. The van der Waals surface area contributed by atoms with Gasteiger partial charge in [0.05, 0.1) is 12.1 Å². The molecule has 0 aromatic heterocycles. The minimum Gasteiger partial charge on any atom is -0.372 e. The molecule has 2 atom stereocenters. The lowest BCUT2D eigenvalue weighted by Crippen LogP contribution is -2.40. The lowest BCUT2D eigenvalue weighted by atomic mass is 9.98. The number of ether oxygens (including phenoxy) is 1. The van der Waals surface area contributed by atoms with Crippen LogP contribution in [0.4, 0.5) is 0 Å². The Morgan fingerprint density at radius 3 is 2.65 bits per heavy atom. The first-order chi connectivity index (χ1) is 8.33. The van der Waals surface area contributed by atoms with Crippen molar-refractivity contribution in [1.29, 1.82) is 0 Å². The maximum Gasteiger partial charge on any atom is 0.0991 e. The van der Waals surface area contributed by atoms with Crippen molar-refractivity contribution in [2.75, 3.05) is 6.61 Å². The van der Waals surface area contributed by atoms with E-state index >= 15 is 0 Å². The predicted molar refractivity (Wildman–Crippen MR) is 71.4 cm³/mol. The molecule has 0 spiro atoms. The Morgan fingerprint density at radius 2 is 2.12 bits per heavy atom. The molecule has 0 fully saturated rings. The molecule has 0 heterocycles. The van der Waals surface area contributed by atoms with E-state index in [1.54, 1.807) is 0 Å². The van der Waals surface area contributed by atoms with Gasteiger partial charge in [-0.1, -0.05) is 36.4 Å². The Kier molecular flexibility index (Phi) is 6.55. The monoisotopic (exact) mass is 234 g/mol. The van der Waals surface area contributed by atoms with E-state index in [1.165, 1.54) is 0 Å². The van der Waals surface area contributed by atoms with Gasteiger partial charge < -0.3 is 4.74 Å². The Bertz CT molecular complexity index is 313. The van der Waals surface area contributed by atoms with Crippen LogP contribution in [0.25, 0.3) is 0 Å². The number of nitrogens with one attached hydrogen (secondary N) is 1. The zero-order valence-corrected chi connectivity index (χ0v) is 10.4. The third-order valence-electron chi connectivity index (χ3n) is 2.74. The fourth-order valence-corrected chi connectivity index (χ4v) is 1.89. The quantitative estimate of drug-likeness (QED) is 0.413. The van der Waals surface area contributed by atoms with Crippen LogP contribution in [0.2, 0.25) is 0 Å². The minimum atomic E-state index is -0.00819. The van der Waals surface area contributed by atoms with Crippen molar-refractivity contribution in [2.24, 2.45) is 5.84 Å². The number of hydrogen-bond acceptors (Lipinski definition) is 3. The second-order valence-electron chi connectivity index (χ2n) is 3.93. The highest BCUT2D eigenvalue weighted by molar-refractivity contribution is 5.19. The summed E-state index contributed by atoms with van der Waals surface area (Å²) in [4.78, 5) is 0. The molecule has 0 aliphatic rings. The van der Waals surface area contributed by atoms with Crippen LogP contribution in [0.3, 0.4) is 0 Å². The average Bonchev–Trinajstić information content (AvgIpc) is 2.39. The largest absolute Gasteiger partial charge is 0.372 e. The van der Waals surface area contributed by atoms with Crippen LogP contribution in [0.15, 0.2) is 43.0 Å². The molecule has 1 rings (SSSR count). The van der Waals surface area contributed by atoms with Gasteiger partial charge in [0.15, 0.2) is 0 Å². The van der Waals surface area contributed by atoms with Gasteiger partial charge in [-0.05, 0) is 25.3 Å². The third-order valence-corrected chi connectivity index (χ3v) is 2.74. The summed E-state index contributed by atoms with van der Waals surface area (Å²) in [6.07, 6.45) is 3.73. The second-order valence-corrected chi connectivity index (χ2v) is 3.93. The van der Waals surface area contributed by atoms with Crippen molar-refractivity contribution in [3.05, 3.63) is 48.6 Å². The van der Waals surface area contributed by atoms with Gasteiger partial charge in [0.2, 0.25) is 0 Å². The fourth-order valence-electron chi connectivity index (χ4n) is 1.89. The van der Waals surface area contributed by atoms with Crippen molar-refractivity contribution < 1.29 is 4.74 Å². The molecule has 1 aromatic carbocycles. The van der Waals surface area contributed by atoms with E-state index in [4.69, 9.17) is 10.6 Å². The molecule has 0 aliphatic heterocycles. The van der Waals surface area contributed by atoms with Crippen LogP contribution in [0, 0.1) is 0 Å². The van der Waals surface area contributed by atoms with Gasteiger partial charge in [0, 0.05) is 6.61 Å². The molecule has 0 saturated carbocycles. The molecular formula is C14H22N2O. The van der Waals surface area contributed by atoms with Gasteiger partial charge in [0.1, 0.15) is 0 Å². The molecule has 0 amide bonds. The zero-order chi connectivity index (χ0) is 12.5. The molecular weight excluding hydrogens is 212 g/mol. The number of benzene rings is 1. The minimum absolute atomic E-state index is 0.00819. The highest BCUT2D eigenvalue weighted by Crippen LogP contribution is 2.23. The van der Waals surface area contributed by atoms with E-state index in [9.17, 15) is 0 Å². The third kappa shape index (κ3) is 4.30. The zero-order valence-electron chi connectivity index (χ0n) is 10.4. The Morgan fingerprint density at radius 1 is 1.41 bits per heavy atom. The van der Waals surface area contributed by atoms with Crippen molar-refractivity contribution in [1.82, 2.24) is 5.43 Å². The van der Waals surface area contributed by atoms with Gasteiger partial charge >= 0.3 is 0 Å². The SMILES string of the molecule is C=CCCC(NN)C(OCC)c1ccccc1. The molecule has 1 aromatic rings. The van der Waals surface area contributed by atoms with Crippen LogP contribution in [-0.2, 0) is 4.74 Å². The Balaban J connectivity index is 2.78. The smallest absolute Gasteiger partial charge is 0.0991 e. The lowest BCUT2D eigenvalue weighted by Gasteiger charge is -2.26. The summed E-state index contributed by atoms with van der Waals surface area (Å²) in [7, 11) is 0. The first kappa shape index (κ1) is 13.9. The molecule has 94 valence electrons. The van der Waals surface area contributed by atoms with E-state index in [1.807, 2.05) is 31.2 Å². The summed E-state index contributed by atoms with van der Waals surface area (Å²) in [5.41, 5.74) is 4.00. The molecule has 0 aliphatic carbocycles. The molecule has 0 radical (unpaired) electrons. The summed E-state index contributed by atoms with van der Waals surface area (Å²) >= 11 is 0. The Labute approximate surface area is 104 Å². The molecule has 0 bridgehead atoms. The van der Waals surface area contributed by atoms with Crippen molar-refractivity contribution in [3.63, 3.8) is 0 Å². The summed E-state index contributed by atoms with van der Waals surface area (Å²) < 4.78 is 5.80. The van der Waals surface area contributed by atoms with Gasteiger partial charge in [0.25, 0.3) is 0 Å². The second kappa shape index (κ2) is 8.01. The number of hydrogen-bond donors (Lipinski definition) is 2. The van der Waals surface area contributed by atoms with Crippen LogP contribution in [0.1, 0.15) is 31.4 Å². The van der Waals surface area contributed by atoms with E-state index in [0.717, 1.165) is 18.4 Å². The van der Waals surface area contributed by atoms with E-state index < -0.39 is 0 Å². The number of allylic oxidation sites excluding steroid dienone is 1. The van der Waals surface area contributed by atoms with Gasteiger partial charge in [-0.2, -0.15) is 0 Å². The van der Waals surface area contributed by atoms with Crippen molar-refractivity contribution in [2.45, 2.75) is 31.9 Å². The first-order valence-electron chi connectivity index (χ1n) is 6.07. The number of rotatable bonds is 8. The molecule has 17 heavy (non-hydrogen) atoms. The van der Waals surface area contributed by atoms with Crippen molar-refractivity contribution in [3.8, 4) is 0 Å². The molecule has 2 unspecified atom stereocenters. The number of hydrazine groups is 1. The van der Waals surface area contributed by atoms with Crippen LogP contribution >= 0.6 is 0 Å². The maximum atomic E-state index is 5.80. The van der Waals surface area contributed by atoms with E-state index in [2.05, 4.69) is 24.1 Å².